The van der Waals surface area contributed by atoms with E-state index in [1.807, 2.05) is 24.3 Å². The molecule has 0 saturated heterocycles. The molecular formula is C15H18N2O3. The monoisotopic (exact) mass is 274 g/mol. The van der Waals surface area contributed by atoms with Gasteiger partial charge in [0.15, 0.2) is 0 Å². The van der Waals surface area contributed by atoms with Gasteiger partial charge in [0.1, 0.15) is 5.75 Å². The highest BCUT2D eigenvalue weighted by atomic mass is 16.5. The number of hydrogen-bond acceptors (Lipinski definition) is 5. The van der Waals surface area contributed by atoms with E-state index in [0.717, 1.165) is 37.0 Å². The van der Waals surface area contributed by atoms with Gasteiger partial charge < -0.3 is 14.4 Å². The molecule has 1 fully saturated rings. The van der Waals surface area contributed by atoms with E-state index >= 15 is 0 Å². The van der Waals surface area contributed by atoms with Crippen molar-refractivity contribution in [2.24, 2.45) is 0 Å². The summed E-state index contributed by atoms with van der Waals surface area (Å²) in [6.07, 6.45) is 3.27. The maximum absolute atomic E-state index is 9.53. The molecule has 0 spiro atoms. The van der Waals surface area contributed by atoms with E-state index in [1.54, 1.807) is 7.11 Å². The third-order valence-electron chi connectivity index (χ3n) is 3.84. The Kier molecular flexibility index (Phi) is 3.69. The molecule has 3 rings (SSSR count). The van der Waals surface area contributed by atoms with Crippen LogP contribution in [0.15, 0.2) is 28.8 Å². The van der Waals surface area contributed by atoms with Gasteiger partial charge in [-0.2, -0.15) is 4.98 Å². The summed E-state index contributed by atoms with van der Waals surface area (Å²) < 4.78 is 10.5. The first-order chi connectivity index (χ1) is 9.76. The summed E-state index contributed by atoms with van der Waals surface area (Å²) in [6.45, 7) is 0. The maximum atomic E-state index is 9.53. The van der Waals surface area contributed by atoms with Crippen molar-refractivity contribution < 1.29 is 14.4 Å². The lowest BCUT2D eigenvalue weighted by atomic mass is 9.87. The molecule has 0 aliphatic heterocycles. The number of hydrogen-bond donors (Lipinski definition) is 1. The Morgan fingerprint density at radius 3 is 2.50 bits per heavy atom. The van der Waals surface area contributed by atoms with Gasteiger partial charge in [-0.1, -0.05) is 5.16 Å². The van der Waals surface area contributed by atoms with E-state index in [4.69, 9.17) is 9.26 Å². The van der Waals surface area contributed by atoms with E-state index in [-0.39, 0.29) is 12.0 Å². The van der Waals surface area contributed by atoms with Crippen molar-refractivity contribution in [3.63, 3.8) is 0 Å². The van der Waals surface area contributed by atoms with Crippen LogP contribution in [-0.2, 0) is 0 Å². The zero-order valence-electron chi connectivity index (χ0n) is 11.5. The largest absolute Gasteiger partial charge is 0.497 e. The van der Waals surface area contributed by atoms with Crippen molar-refractivity contribution >= 4 is 0 Å². The summed E-state index contributed by atoms with van der Waals surface area (Å²) in [6, 6.07) is 7.58. The second-order valence-electron chi connectivity index (χ2n) is 5.19. The second kappa shape index (κ2) is 5.63. The molecule has 1 aromatic carbocycles. The van der Waals surface area contributed by atoms with Crippen molar-refractivity contribution in [2.75, 3.05) is 7.11 Å². The van der Waals surface area contributed by atoms with Gasteiger partial charge in [0.2, 0.25) is 11.7 Å². The van der Waals surface area contributed by atoms with Gasteiger partial charge >= 0.3 is 0 Å². The highest BCUT2D eigenvalue weighted by molar-refractivity contribution is 5.55. The topological polar surface area (TPSA) is 68.4 Å². The normalized spacial score (nSPS) is 22.7. The van der Waals surface area contributed by atoms with Crippen molar-refractivity contribution in [1.29, 1.82) is 0 Å². The lowest BCUT2D eigenvalue weighted by Crippen LogP contribution is -2.17. The van der Waals surface area contributed by atoms with Crippen molar-refractivity contribution in [1.82, 2.24) is 10.1 Å². The Bertz CT molecular complexity index is 557. The van der Waals surface area contributed by atoms with Crippen LogP contribution >= 0.6 is 0 Å². The average Bonchev–Trinajstić information content (AvgIpc) is 2.98. The van der Waals surface area contributed by atoms with Crippen molar-refractivity contribution in [2.45, 2.75) is 37.7 Å². The predicted octanol–water partition coefficient (Wildman–Crippen LogP) is 2.76. The van der Waals surface area contributed by atoms with Crippen LogP contribution in [0.25, 0.3) is 11.4 Å². The Hall–Kier alpha value is -1.88. The number of methoxy groups -OCH3 is 1. The number of aromatic nitrogens is 2. The lowest BCUT2D eigenvalue weighted by molar-refractivity contribution is 0.116. The van der Waals surface area contributed by atoms with Crippen molar-refractivity contribution in [3.05, 3.63) is 30.2 Å². The Balaban J connectivity index is 1.75. The van der Waals surface area contributed by atoms with Crippen LogP contribution in [0, 0.1) is 0 Å². The number of aliphatic hydroxyl groups is 1. The number of rotatable bonds is 3. The molecule has 20 heavy (non-hydrogen) atoms. The summed E-state index contributed by atoms with van der Waals surface area (Å²) in [5, 5.41) is 13.6. The molecular weight excluding hydrogens is 256 g/mol. The summed E-state index contributed by atoms with van der Waals surface area (Å²) in [4.78, 5) is 4.48. The van der Waals surface area contributed by atoms with Gasteiger partial charge in [0.05, 0.1) is 13.2 Å². The lowest BCUT2D eigenvalue weighted by Gasteiger charge is -2.22. The maximum Gasteiger partial charge on any atom is 0.230 e. The molecule has 5 nitrogen and oxygen atoms in total. The smallest absolute Gasteiger partial charge is 0.230 e. The van der Waals surface area contributed by atoms with Gasteiger partial charge in [-0.15, -0.1) is 0 Å². The summed E-state index contributed by atoms with van der Waals surface area (Å²) in [5.41, 5.74) is 0.914. The summed E-state index contributed by atoms with van der Waals surface area (Å²) >= 11 is 0. The fourth-order valence-corrected chi connectivity index (χ4v) is 2.58. The Morgan fingerprint density at radius 1 is 1.15 bits per heavy atom. The molecule has 0 radical (unpaired) electrons. The Labute approximate surface area is 117 Å². The SMILES string of the molecule is COc1ccc(-c2noc(C3CCC(O)CC3)n2)cc1. The zero-order valence-corrected chi connectivity index (χ0v) is 11.5. The highest BCUT2D eigenvalue weighted by Crippen LogP contribution is 2.32. The molecule has 0 unspecified atom stereocenters. The molecule has 0 atom stereocenters. The van der Waals surface area contributed by atoms with E-state index in [1.165, 1.54) is 0 Å². The van der Waals surface area contributed by atoms with Crippen LogP contribution in [0.5, 0.6) is 5.75 Å². The molecule has 106 valence electrons. The number of ether oxygens (including phenoxy) is 1. The van der Waals surface area contributed by atoms with Gasteiger partial charge in [-0.05, 0) is 49.9 Å². The molecule has 1 saturated carbocycles. The quantitative estimate of drug-likeness (QED) is 0.932. The van der Waals surface area contributed by atoms with Crippen LogP contribution in [0.4, 0.5) is 0 Å². The molecule has 2 aromatic rings. The number of aliphatic hydroxyl groups excluding tert-OH is 1. The van der Waals surface area contributed by atoms with Gasteiger partial charge in [-0.25, -0.2) is 0 Å². The van der Waals surface area contributed by atoms with Crippen LogP contribution in [0.1, 0.15) is 37.5 Å². The number of nitrogens with zero attached hydrogens (tertiary/aromatic N) is 2. The van der Waals surface area contributed by atoms with Crippen molar-refractivity contribution in [3.8, 4) is 17.1 Å². The first-order valence-corrected chi connectivity index (χ1v) is 6.92. The molecule has 1 aromatic heterocycles. The fraction of sp³-hybridized carbons (Fsp3) is 0.467. The van der Waals surface area contributed by atoms with Gasteiger partial charge in [0.25, 0.3) is 0 Å². The highest BCUT2D eigenvalue weighted by Gasteiger charge is 2.25. The van der Waals surface area contributed by atoms with E-state index in [9.17, 15) is 5.11 Å². The minimum Gasteiger partial charge on any atom is -0.497 e. The molecule has 1 aliphatic rings. The molecule has 1 N–H and O–H groups in total. The first kappa shape index (κ1) is 13.1. The van der Waals surface area contributed by atoms with Gasteiger partial charge in [-0.3, -0.25) is 0 Å². The van der Waals surface area contributed by atoms with Gasteiger partial charge in [0, 0.05) is 11.5 Å². The summed E-state index contributed by atoms with van der Waals surface area (Å²) in [7, 11) is 1.64. The fourth-order valence-electron chi connectivity index (χ4n) is 2.58. The molecule has 0 bridgehead atoms. The zero-order chi connectivity index (χ0) is 13.9. The standard InChI is InChI=1S/C15H18N2O3/c1-19-13-8-4-10(5-9-13)14-16-15(20-17-14)11-2-6-12(18)7-3-11/h4-5,8-9,11-12,18H,2-3,6-7H2,1H3. The van der Waals surface area contributed by atoms with E-state index in [0.29, 0.717) is 11.7 Å². The number of benzene rings is 1. The molecule has 0 amide bonds. The molecule has 1 heterocycles. The third kappa shape index (κ3) is 2.67. The van der Waals surface area contributed by atoms with E-state index in [2.05, 4.69) is 10.1 Å². The summed E-state index contributed by atoms with van der Waals surface area (Å²) in [5.74, 6) is 2.37. The molecule has 5 heteroatoms. The van der Waals surface area contributed by atoms with E-state index < -0.39 is 0 Å². The van der Waals surface area contributed by atoms with Crippen LogP contribution in [0.2, 0.25) is 0 Å². The molecule has 1 aliphatic carbocycles. The minimum atomic E-state index is -0.171. The van der Waals surface area contributed by atoms with Crippen LogP contribution in [0.3, 0.4) is 0 Å². The predicted molar refractivity (Wildman–Crippen MR) is 73.5 cm³/mol. The minimum absolute atomic E-state index is 0.171. The van der Waals surface area contributed by atoms with Crippen LogP contribution in [-0.4, -0.2) is 28.5 Å². The Morgan fingerprint density at radius 2 is 1.85 bits per heavy atom. The van der Waals surface area contributed by atoms with Crippen LogP contribution < -0.4 is 4.74 Å². The third-order valence-corrected chi connectivity index (χ3v) is 3.84. The first-order valence-electron chi connectivity index (χ1n) is 6.92. The average molecular weight is 274 g/mol. The second-order valence-corrected chi connectivity index (χ2v) is 5.19.